The Balaban J connectivity index is 2.00. The average Bonchev–Trinajstić information content (AvgIpc) is 2.90. The number of hydrogen-bond acceptors (Lipinski definition) is 4. The second kappa shape index (κ2) is 8.10. The van der Waals surface area contributed by atoms with Crippen LogP contribution in [-0.2, 0) is 7.05 Å². The molecule has 0 aliphatic rings. The Bertz CT molecular complexity index is 539. The van der Waals surface area contributed by atoms with Gasteiger partial charge in [0.15, 0.2) is 0 Å². The summed E-state index contributed by atoms with van der Waals surface area (Å²) in [5, 5.41) is 7.74. The first-order chi connectivity index (χ1) is 10.2. The Morgan fingerprint density at radius 1 is 1.29 bits per heavy atom. The zero-order valence-corrected chi connectivity index (χ0v) is 13.7. The SMILES string of the molecule is CCNC(CSc1cnn(C)c1)c1ccc(OCC)cc1. The molecule has 2 aromatic rings. The molecule has 0 radical (unpaired) electrons. The quantitative estimate of drug-likeness (QED) is 0.760. The van der Waals surface area contributed by atoms with Crippen LogP contribution in [0.1, 0.15) is 25.5 Å². The minimum Gasteiger partial charge on any atom is -0.494 e. The molecule has 0 amide bonds. The number of aromatic nitrogens is 2. The molecule has 0 bridgehead atoms. The van der Waals surface area contributed by atoms with Gasteiger partial charge in [-0.3, -0.25) is 4.68 Å². The smallest absolute Gasteiger partial charge is 0.119 e. The van der Waals surface area contributed by atoms with Gasteiger partial charge in [-0.2, -0.15) is 5.10 Å². The summed E-state index contributed by atoms with van der Waals surface area (Å²) in [5.74, 6) is 1.91. The molecule has 0 fully saturated rings. The summed E-state index contributed by atoms with van der Waals surface area (Å²) in [7, 11) is 1.94. The van der Waals surface area contributed by atoms with Gasteiger partial charge in [-0.05, 0) is 31.2 Å². The van der Waals surface area contributed by atoms with Gasteiger partial charge < -0.3 is 10.1 Å². The van der Waals surface area contributed by atoms with Crippen molar-refractivity contribution in [1.82, 2.24) is 15.1 Å². The molecule has 1 atom stereocenters. The van der Waals surface area contributed by atoms with Crippen LogP contribution in [0.15, 0.2) is 41.6 Å². The first kappa shape index (κ1) is 15.9. The molecule has 0 spiro atoms. The first-order valence-electron chi connectivity index (χ1n) is 7.30. The summed E-state index contributed by atoms with van der Waals surface area (Å²) < 4.78 is 7.33. The maximum atomic E-state index is 5.50. The number of ether oxygens (including phenoxy) is 1. The zero-order chi connectivity index (χ0) is 15.1. The number of nitrogens with zero attached hydrogens (tertiary/aromatic N) is 2. The van der Waals surface area contributed by atoms with E-state index in [2.05, 4.69) is 29.5 Å². The molecule has 0 saturated carbocycles. The number of rotatable bonds is 8. The molecule has 114 valence electrons. The fourth-order valence-electron chi connectivity index (χ4n) is 2.14. The highest BCUT2D eigenvalue weighted by molar-refractivity contribution is 7.99. The van der Waals surface area contributed by atoms with Gasteiger partial charge in [0.1, 0.15) is 5.75 Å². The molecular formula is C16H23N3OS. The van der Waals surface area contributed by atoms with Gasteiger partial charge in [-0.25, -0.2) is 0 Å². The highest BCUT2D eigenvalue weighted by atomic mass is 32.2. The molecule has 4 nitrogen and oxygen atoms in total. The van der Waals surface area contributed by atoms with E-state index in [-0.39, 0.29) is 0 Å². The predicted octanol–water partition coefficient (Wildman–Crippen LogP) is 3.26. The average molecular weight is 305 g/mol. The van der Waals surface area contributed by atoms with E-state index in [0.717, 1.165) is 18.0 Å². The predicted molar refractivity (Wildman–Crippen MR) is 88.0 cm³/mol. The van der Waals surface area contributed by atoms with Crippen LogP contribution in [-0.4, -0.2) is 28.7 Å². The molecule has 1 heterocycles. The number of nitrogens with one attached hydrogen (secondary N) is 1. The van der Waals surface area contributed by atoms with Gasteiger partial charge in [0.05, 0.1) is 12.8 Å². The second-order valence-electron chi connectivity index (χ2n) is 4.77. The molecule has 0 aliphatic heterocycles. The zero-order valence-electron chi connectivity index (χ0n) is 12.9. The number of aryl methyl sites for hydroxylation is 1. The fraction of sp³-hybridized carbons (Fsp3) is 0.438. The standard InChI is InChI=1S/C16H23N3OS/c1-4-17-16(12-21-15-10-18-19(3)11-15)13-6-8-14(9-7-13)20-5-2/h6-11,16-17H,4-5,12H2,1-3H3. The van der Waals surface area contributed by atoms with E-state index in [1.54, 1.807) is 0 Å². The van der Waals surface area contributed by atoms with Crippen molar-refractivity contribution in [2.75, 3.05) is 18.9 Å². The molecule has 1 unspecified atom stereocenters. The minimum atomic E-state index is 0.330. The topological polar surface area (TPSA) is 39.1 Å². The van der Waals surface area contributed by atoms with E-state index in [4.69, 9.17) is 4.74 Å². The molecule has 1 aromatic carbocycles. The van der Waals surface area contributed by atoms with Crippen LogP contribution in [0.5, 0.6) is 5.75 Å². The van der Waals surface area contributed by atoms with Crippen LogP contribution >= 0.6 is 11.8 Å². The molecule has 1 N–H and O–H groups in total. The molecule has 5 heteroatoms. The number of hydrogen-bond donors (Lipinski definition) is 1. The van der Waals surface area contributed by atoms with Gasteiger partial charge >= 0.3 is 0 Å². The Morgan fingerprint density at radius 2 is 2.05 bits per heavy atom. The normalized spacial score (nSPS) is 12.3. The van der Waals surface area contributed by atoms with Crippen LogP contribution in [0.25, 0.3) is 0 Å². The van der Waals surface area contributed by atoms with Gasteiger partial charge in [0.2, 0.25) is 0 Å². The Morgan fingerprint density at radius 3 is 2.62 bits per heavy atom. The summed E-state index contributed by atoms with van der Waals surface area (Å²) in [6.45, 7) is 5.79. The molecule has 21 heavy (non-hydrogen) atoms. The van der Waals surface area contributed by atoms with Crippen LogP contribution in [0.3, 0.4) is 0 Å². The molecule has 0 saturated heterocycles. The molecular weight excluding hydrogens is 282 g/mol. The highest BCUT2D eigenvalue weighted by Crippen LogP contribution is 2.25. The molecule has 1 aromatic heterocycles. The molecule has 2 rings (SSSR count). The first-order valence-corrected chi connectivity index (χ1v) is 8.29. The lowest BCUT2D eigenvalue weighted by molar-refractivity contribution is 0.340. The van der Waals surface area contributed by atoms with E-state index in [1.165, 1.54) is 10.5 Å². The highest BCUT2D eigenvalue weighted by Gasteiger charge is 2.11. The third-order valence-corrected chi connectivity index (χ3v) is 4.19. The van der Waals surface area contributed by atoms with Crippen LogP contribution in [0.2, 0.25) is 0 Å². The van der Waals surface area contributed by atoms with Crippen molar-refractivity contribution < 1.29 is 4.74 Å². The third kappa shape index (κ3) is 4.79. The van der Waals surface area contributed by atoms with Crippen molar-refractivity contribution in [2.45, 2.75) is 24.8 Å². The minimum absolute atomic E-state index is 0.330. The summed E-state index contributed by atoms with van der Waals surface area (Å²) in [4.78, 5) is 1.20. The number of benzene rings is 1. The lowest BCUT2D eigenvalue weighted by atomic mass is 10.1. The third-order valence-electron chi connectivity index (χ3n) is 3.14. The van der Waals surface area contributed by atoms with Crippen molar-refractivity contribution in [3.63, 3.8) is 0 Å². The van der Waals surface area contributed by atoms with Crippen molar-refractivity contribution in [1.29, 1.82) is 0 Å². The van der Waals surface area contributed by atoms with Gasteiger partial charge in [0.25, 0.3) is 0 Å². The van der Waals surface area contributed by atoms with Crippen molar-refractivity contribution in [2.24, 2.45) is 7.05 Å². The maximum absolute atomic E-state index is 5.50. The summed E-state index contributed by atoms with van der Waals surface area (Å²) in [6.07, 6.45) is 3.96. The van der Waals surface area contributed by atoms with Crippen LogP contribution < -0.4 is 10.1 Å². The second-order valence-corrected chi connectivity index (χ2v) is 5.87. The van der Waals surface area contributed by atoms with E-state index < -0.39 is 0 Å². The Labute approximate surface area is 130 Å². The van der Waals surface area contributed by atoms with E-state index in [1.807, 2.05) is 54.9 Å². The van der Waals surface area contributed by atoms with Gasteiger partial charge in [0, 0.05) is 29.9 Å². The molecule has 0 aliphatic carbocycles. The van der Waals surface area contributed by atoms with Crippen LogP contribution in [0, 0.1) is 0 Å². The van der Waals surface area contributed by atoms with Crippen molar-refractivity contribution >= 4 is 11.8 Å². The van der Waals surface area contributed by atoms with Crippen LogP contribution in [0.4, 0.5) is 0 Å². The number of thioether (sulfide) groups is 1. The lowest BCUT2D eigenvalue weighted by Crippen LogP contribution is -2.22. The summed E-state index contributed by atoms with van der Waals surface area (Å²) in [5.41, 5.74) is 1.29. The summed E-state index contributed by atoms with van der Waals surface area (Å²) >= 11 is 1.82. The van der Waals surface area contributed by atoms with E-state index in [9.17, 15) is 0 Å². The Hall–Kier alpha value is -1.46. The lowest BCUT2D eigenvalue weighted by Gasteiger charge is -2.18. The van der Waals surface area contributed by atoms with E-state index in [0.29, 0.717) is 12.6 Å². The maximum Gasteiger partial charge on any atom is 0.119 e. The Kier molecular flexibility index (Phi) is 6.14. The van der Waals surface area contributed by atoms with E-state index >= 15 is 0 Å². The largest absolute Gasteiger partial charge is 0.494 e. The van der Waals surface area contributed by atoms with Gasteiger partial charge in [-0.1, -0.05) is 19.1 Å². The monoisotopic (exact) mass is 305 g/mol. The fourth-order valence-corrected chi connectivity index (χ4v) is 3.15. The van der Waals surface area contributed by atoms with Gasteiger partial charge in [-0.15, -0.1) is 11.8 Å². The summed E-state index contributed by atoms with van der Waals surface area (Å²) in [6, 6.07) is 8.69. The van der Waals surface area contributed by atoms with Crippen molar-refractivity contribution in [3.8, 4) is 5.75 Å². The van der Waals surface area contributed by atoms with Crippen molar-refractivity contribution in [3.05, 3.63) is 42.2 Å².